The molecule has 4 rings (SSSR count). The molecule has 1 N–H and O–H groups in total. The summed E-state index contributed by atoms with van der Waals surface area (Å²) in [6, 6.07) is 28.5. The Morgan fingerprint density at radius 2 is 1.51 bits per heavy atom. The average Bonchev–Trinajstić information content (AvgIpc) is 2.92. The van der Waals surface area contributed by atoms with E-state index in [1.54, 1.807) is 48.5 Å². The Balaban J connectivity index is 1.46. The van der Waals surface area contributed by atoms with Crippen LogP contribution < -0.4 is 4.74 Å². The van der Waals surface area contributed by atoms with E-state index in [1.165, 1.54) is 29.2 Å². The van der Waals surface area contributed by atoms with Crippen molar-refractivity contribution in [3.8, 4) is 11.5 Å². The molecule has 0 aliphatic carbocycles. The molecule has 37 heavy (non-hydrogen) atoms. The van der Waals surface area contributed by atoms with Gasteiger partial charge in [0.25, 0.3) is 0 Å². The SMILES string of the molecule is O=Cc1ccccc1Oc1cccc(S(=O)(=O)c2ccc(CCN(Cc3ccccc3)C(=O)O)cc2)c1. The van der Waals surface area contributed by atoms with Gasteiger partial charge in [-0.1, -0.05) is 60.7 Å². The van der Waals surface area contributed by atoms with Crippen LogP contribution in [0.3, 0.4) is 0 Å². The first kappa shape index (κ1) is 25.7. The van der Waals surface area contributed by atoms with Crippen molar-refractivity contribution in [1.82, 2.24) is 4.90 Å². The number of nitrogens with zero attached hydrogens (tertiary/aromatic N) is 1. The van der Waals surface area contributed by atoms with Gasteiger partial charge in [0.05, 0.1) is 15.4 Å². The second kappa shape index (κ2) is 11.5. The molecule has 0 heterocycles. The molecule has 4 aromatic rings. The lowest BCUT2D eigenvalue weighted by atomic mass is 10.1. The normalized spacial score (nSPS) is 11.0. The van der Waals surface area contributed by atoms with Gasteiger partial charge in [-0.3, -0.25) is 4.79 Å². The Morgan fingerprint density at radius 1 is 0.811 bits per heavy atom. The maximum atomic E-state index is 13.2. The number of ether oxygens (including phenoxy) is 1. The summed E-state index contributed by atoms with van der Waals surface area (Å²) in [7, 11) is -3.83. The second-order valence-corrected chi connectivity index (χ2v) is 10.3. The quantitative estimate of drug-likeness (QED) is 0.266. The third-order valence-electron chi connectivity index (χ3n) is 5.78. The summed E-state index contributed by atoms with van der Waals surface area (Å²) in [5.74, 6) is 0.623. The zero-order valence-corrected chi connectivity index (χ0v) is 20.7. The number of carboxylic acid groups (broad SMARTS) is 1. The van der Waals surface area contributed by atoms with Gasteiger partial charge in [-0.2, -0.15) is 0 Å². The molecule has 188 valence electrons. The van der Waals surface area contributed by atoms with E-state index in [-0.39, 0.29) is 22.9 Å². The highest BCUT2D eigenvalue weighted by Crippen LogP contribution is 2.29. The van der Waals surface area contributed by atoms with Crippen LogP contribution in [0, 0.1) is 0 Å². The van der Waals surface area contributed by atoms with E-state index < -0.39 is 15.9 Å². The van der Waals surface area contributed by atoms with Crippen molar-refractivity contribution in [3.63, 3.8) is 0 Å². The first-order valence-corrected chi connectivity index (χ1v) is 13.0. The number of carbonyl (C=O) groups excluding carboxylic acids is 1. The van der Waals surface area contributed by atoms with E-state index in [4.69, 9.17) is 4.74 Å². The Hall–Kier alpha value is -4.43. The number of aldehydes is 1. The highest BCUT2D eigenvalue weighted by atomic mass is 32.2. The molecule has 0 saturated heterocycles. The van der Waals surface area contributed by atoms with Gasteiger partial charge in [-0.25, -0.2) is 13.2 Å². The van der Waals surface area contributed by atoms with Crippen molar-refractivity contribution in [2.45, 2.75) is 22.8 Å². The van der Waals surface area contributed by atoms with Crippen LogP contribution in [-0.2, 0) is 22.8 Å². The molecule has 0 atom stereocenters. The molecule has 0 aliphatic rings. The number of carbonyl (C=O) groups is 2. The van der Waals surface area contributed by atoms with Gasteiger partial charge in [0.1, 0.15) is 11.5 Å². The van der Waals surface area contributed by atoms with Gasteiger partial charge >= 0.3 is 6.09 Å². The molecule has 0 aliphatic heterocycles. The number of sulfone groups is 1. The molecule has 4 aromatic carbocycles. The smallest absolute Gasteiger partial charge is 0.407 e. The predicted octanol–water partition coefficient (Wildman–Crippen LogP) is 5.85. The standard InChI is InChI=1S/C29H25NO6S/c31-21-24-9-4-5-12-28(24)36-25-10-6-11-27(19-25)37(34,35)26-15-13-22(14-16-26)17-18-30(29(32)33)20-23-7-2-1-3-8-23/h1-16,19,21H,17-18,20H2,(H,32,33). The van der Waals surface area contributed by atoms with Gasteiger partial charge in [0.2, 0.25) is 9.84 Å². The van der Waals surface area contributed by atoms with Crippen molar-refractivity contribution >= 4 is 22.2 Å². The minimum atomic E-state index is -3.83. The largest absolute Gasteiger partial charge is 0.465 e. The molecule has 0 bridgehead atoms. The van der Waals surface area contributed by atoms with Crippen LogP contribution in [0.1, 0.15) is 21.5 Å². The maximum Gasteiger partial charge on any atom is 0.407 e. The Labute approximate surface area is 215 Å². The molecule has 8 heteroatoms. The molecule has 7 nitrogen and oxygen atoms in total. The van der Waals surface area contributed by atoms with E-state index in [2.05, 4.69) is 0 Å². The molecule has 0 aromatic heterocycles. The summed E-state index contributed by atoms with van der Waals surface area (Å²) >= 11 is 0. The van der Waals surface area contributed by atoms with Gasteiger partial charge < -0.3 is 14.7 Å². The molecular weight excluding hydrogens is 490 g/mol. The minimum absolute atomic E-state index is 0.0567. The average molecular weight is 516 g/mol. The van der Waals surface area contributed by atoms with Crippen LogP contribution in [0.25, 0.3) is 0 Å². The van der Waals surface area contributed by atoms with Crippen LogP contribution in [0.5, 0.6) is 11.5 Å². The van der Waals surface area contributed by atoms with Gasteiger partial charge in [0.15, 0.2) is 6.29 Å². The highest BCUT2D eigenvalue weighted by molar-refractivity contribution is 7.91. The zero-order valence-electron chi connectivity index (χ0n) is 19.9. The summed E-state index contributed by atoms with van der Waals surface area (Å²) in [6.45, 7) is 0.552. The monoisotopic (exact) mass is 515 g/mol. The first-order valence-electron chi connectivity index (χ1n) is 11.5. The predicted molar refractivity (Wildman–Crippen MR) is 139 cm³/mol. The van der Waals surface area contributed by atoms with Crippen molar-refractivity contribution in [1.29, 1.82) is 0 Å². The van der Waals surface area contributed by atoms with Gasteiger partial charge in [0, 0.05) is 13.1 Å². The van der Waals surface area contributed by atoms with Gasteiger partial charge in [-0.05, 0) is 60.0 Å². The molecule has 0 saturated carbocycles. The number of hydrogen-bond acceptors (Lipinski definition) is 5. The molecule has 1 amide bonds. The number of rotatable bonds is 10. The fourth-order valence-electron chi connectivity index (χ4n) is 3.78. The lowest BCUT2D eigenvalue weighted by molar-refractivity contribution is 0.112. The molecule has 0 spiro atoms. The first-order chi connectivity index (χ1) is 17.9. The van der Waals surface area contributed by atoms with E-state index in [9.17, 15) is 23.1 Å². The third kappa shape index (κ3) is 6.42. The summed E-state index contributed by atoms with van der Waals surface area (Å²) in [5, 5.41) is 9.55. The van der Waals surface area contributed by atoms with Crippen LogP contribution >= 0.6 is 0 Å². The van der Waals surface area contributed by atoms with Crippen LogP contribution in [0.4, 0.5) is 4.79 Å². The van der Waals surface area contributed by atoms with Gasteiger partial charge in [-0.15, -0.1) is 0 Å². The number of para-hydroxylation sites is 1. The topological polar surface area (TPSA) is 101 Å². The lowest BCUT2D eigenvalue weighted by Crippen LogP contribution is -2.30. The van der Waals surface area contributed by atoms with Crippen LogP contribution in [0.15, 0.2) is 113 Å². The summed E-state index contributed by atoms with van der Waals surface area (Å²) in [5.41, 5.74) is 2.07. The minimum Gasteiger partial charge on any atom is -0.465 e. The second-order valence-electron chi connectivity index (χ2n) is 8.32. The van der Waals surface area contributed by atoms with Crippen LogP contribution in [-0.4, -0.2) is 37.3 Å². The van der Waals surface area contributed by atoms with E-state index >= 15 is 0 Å². The van der Waals surface area contributed by atoms with E-state index in [1.807, 2.05) is 30.3 Å². The Morgan fingerprint density at radius 3 is 2.22 bits per heavy atom. The Bertz CT molecular complexity index is 1480. The Kier molecular flexibility index (Phi) is 8.00. The fourth-order valence-corrected chi connectivity index (χ4v) is 5.08. The van der Waals surface area contributed by atoms with Crippen molar-refractivity contribution < 1.29 is 27.9 Å². The van der Waals surface area contributed by atoms with E-state index in [0.717, 1.165) is 11.1 Å². The molecule has 0 fully saturated rings. The number of benzene rings is 4. The lowest BCUT2D eigenvalue weighted by Gasteiger charge is -2.19. The van der Waals surface area contributed by atoms with Crippen LogP contribution in [0.2, 0.25) is 0 Å². The maximum absolute atomic E-state index is 13.2. The summed E-state index contributed by atoms with van der Waals surface area (Å²) in [6.07, 6.45) is 0.106. The summed E-state index contributed by atoms with van der Waals surface area (Å²) in [4.78, 5) is 24.4. The van der Waals surface area contributed by atoms with Crippen molar-refractivity contribution in [2.75, 3.05) is 6.54 Å². The molecule has 0 radical (unpaired) electrons. The number of hydrogen-bond donors (Lipinski definition) is 1. The molecular formula is C29H25NO6S. The van der Waals surface area contributed by atoms with E-state index in [0.29, 0.717) is 29.8 Å². The third-order valence-corrected chi connectivity index (χ3v) is 7.55. The fraction of sp³-hybridized carbons (Fsp3) is 0.103. The zero-order chi connectivity index (χ0) is 26.3. The highest BCUT2D eigenvalue weighted by Gasteiger charge is 2.19. The van der Waals surface area contributed by atoms with Crippen molar-refractivity contribution in [2.24, 2.45) is 0 Å². The molecule has 0 unspecified atom stereocenters. The summed E-state index contributed by atoms with van der Waals surface area (Å²) < 4.78 is 32.2. The van der Waals surface area contributed by atoms with Crippen molar-refractivity contribution in [3.05, 3.63) is 120 Å². The number of amides is 1.